The van der Waals surface area contributed by atoms with Crippen molar-refractivity contribution in [3.63, 3.8) is 0 Å². The summed E-state index contributed by atoms with van der Waals surface area (Å²) in [7, 11) is 0. The molecule has 0 aromatic rings. The number of carbonyl (C=O) groups is 1. The van der Waals surface area contributed by atoms with Crippen molar-refractivity contribution in [1.82, 2.24) is 0 Å². The van der Waals surface area contributed by atoms with Gasteiger partial charge in [0.15, 0.2) is 0 Å². The summed E-state index contributed by atoms with van der Waals surface area (Å²) in [5.41, 5.74) is 1.10. The molecule has 0 rings (SSSR count). The van der Waals surface area contributed by atoms with Crippen LogP contribution in [0.15, 0.2) is 24.0 Å². The highest BCUT2D eigenvalue weighted by Crippen LogP contribution is 2.19. The first-order chi connectivity index (χ1) is 8.61. The van der Waals surface area contributed by atoms with E-state index in [0.717, 1.165) is 31.3 Å². The van der Waals surface area contributed by atoms with E-state index in [0.29, 0.717) is 5.76 Å². The summed E-state index contributed by atoms with van der Waals surface area (Å²) in [4.78, 5) is 10.9. The van der Waals surface area contributed by atoms with Crippen molar-refractivity contribution in [2.75, 3.05) is 0 Å². The van der Waals surface area contributed by atoms with E-state index >= 15 is 0 Å². The van der Waals surface area contributed by atoms with Gasteiger partial charge in [-0.1, -0.05) is 52.2 Å². The number of hydrogen-bond acceptors (Lipinski definition) is 2. The van der Waals surface area contributed by atoms with Gasteiger partial charge >= 0.3 is 5.97 Å². The number of hydrogen-bond donors (Lipinski definition) is 0. The van der Waals surface area contributed by atoms with Crippen LogP contribution >= 0.6 is 0 Å². The van der Waals surface area contributed by atoms with Crippen LogP contribution in [0.25, 0.3) is 0 Å². The second kappa shape index (κ2) is 11.1. The fourth-order valence-corrected chi connectivity index (χ4v) is 1.81. The van der Waals surface area contributed by atoms with E-state index in [2.05, 4.69) is 26.5 Å². The van der Waals surface area contributed by atoms with Crippen molar-refractivity contribution in [2.24, 2.45) is 0 Å². The Hall–Kier alpha value is -1.05. The van der Waals surface area contributed by atoms with E-state index in [4.69, 9.17) is 4.74 Å². The molecule has 0 N–H and O–H groups in total. The third-order valence-electron chi connectivity index (χ3n) is 2.87. The molecule has 0 aliphatic rings. The van der Waals surface area contributed by atoms with Crippen LogP contribution < -0.4 is 0 Å². The van der Waals surface area contributed by atoms with Crippen LogP contribution in [0.3, 0.4) is 0 Å². The summed E-state index contributed by atoms with van der Waals surface area (Å²) in [6.07, 6.45) is 11.5. The molecule has 2 heteroatoms. The molecule has 0 bridgehead atoms. The van der Waals surface area contributed by atoms with E-state index < -0.39 is 0 Å². The summed E-state index contributed by atoms with van der Waals surface area (Å²) in [5.74, 6) is 0.250. The van der Waals surface area contributed by atoms with Gasteiger partial charge in [-0.3, -0.25) is 4.79 Å². The zero-order valence-electron chi connectivity index (χ0n) is 12.3. The Morgan fingerprint density at radius 1 is 1.11 bits per heavy atom. The molecule has 0 aromatic heterocycles. The molecule has 104 valence electrons. The standard InChI is InChI=1S/C16H28O2/c1-5-7-9-10-11-13-16(12-8-6-2)14(3)18-15(4)17/h13H,3,5-12H2,1-2,4H3/b16-13+. The number of carbonyl (C=O) groups excluding carboxylic acids is 1. The zero-order valence-corrected chi connectivity index (χ0v) is 12.3. The molecule has 2 nitrogen and oxygen atoms in total. The highest BCUT2D eigenvalue weighted by molar-refractivity contribution is 5.68. The monoisotopic (exact) mass is 252 g/mol. The predicted molar refractivity (Wildman–Crippen MR) is 77.3 cm³/mol. The minimum Gasteiger partial charge on any atom is -0.427 e. The van der Waals surface area contributed by atoms with Crippen LogP contribution in [0.2, 0.25) is 0 Å². The van der Waals surface area contributed by atoms with Gasteiger partial charge in [-0.05, 0) is 31.3 Å². The summed E-state index contributed by atoms with van der Waals surface area (Å²) in [6.45, 7) is 9.65. The molecule has 0 aliphatic heterocycles. The summed E-state index contributed by atoms with van der Waals surface area (Å²) < 4.78 is 5.09. The Morgan fingerprint density at radius 3 is 2.33 bits per heavy atom. The van der Waals surface area contributed by atoms with Crippen molar-refractivity contribution in [3.05, 3.63) is 24.0 Å². The van der Waals surface area contributed by atoms with Crippen LogP contribution in [-0.4, -0.2) is 5.97 Å². The van der Waals surface area contributed by atoms with Gasteiger partial charge in [0.25, 0.3) is 0 Å². The molecule has 0 unspecified atom stereocenters. The maximum Gasteiger partial charge on any atom is 0.308 e. The molecular weight excluding hydrogens is 224 g/mol. The van der Waals surface area contributed by atoms with E-state index in [-0.39, 0.29) is 5.97 Å². The summed E-state index contributed by atoms with van der Waals surface area (Å²) in [6, 6.07) is 0. The topological polar surface area (TPSA) is 26.3 Å². The maximum atomic E-state index is 10.9. The van der Waals surface area contributed by atoms with E-state index in [1.165, 1.54) is 32.6 Å². The van der Waals surface area contributed by atoms with Gasteiger partial charge in [-0.2, -0.15) is 0 Å². The average Bonchev–Trinajstić information content (AvgIpc) is 2.31. The molecule has 0 heterocycles. The minimum atomic E-state index is -0.284. The van der Waals surface area contributed by atoms with Crippen molar-refractivity contribution in [3.8, 4) is 0 Å². The SMILES string of the molecule is C=C(OC(C)=O)/C(=C/CCCCCC)CCCC. The second-order valence-electron chi connectivity index (χ2n) is 4.70. The molecule has 0 aliphatic carbocycles. The maximum absolute atomic E-state index is 10.9. The number of unbranched alkanes of at least 4 members (excludes halogenated alkanes) is 5. The van der Waals surface area contributed by atoms with Gasteiger partial charge in [-0.25, -0.2) is 0 Å². The Kier molecular flexibility index (Phi) is 10.4. The average molecular weight is 252 g/mol. The lowest BCUT2D eigenvalue weighted by Crippen LogP contribution is -2.01. The molecule has 0 spiro atoms. The Labute approximate surface area is 112 Å². The van der Waals surface area contributed by atoms with Crippen molar-refractivity contribution in [1.29, 1.82) is 0 Å². The first kappa shape index (κ1) is 16.9. The fraction of sp³-hybridized carbons (Fsp3) is 0.688. The molecule has 0 fully saturated rings. The van der Waals surface area contributed by atoms with Crippen LogP contribution in [-0.2, 0) is 9.53 Å². The molecular formula is C16H28O2. The summed E-state index contributed by atoms with van der Waals surface area (Å²) in [5, 5.41) is 0. The normalized spacial score (nSPS) is 11.4. The largest absolute Gasteiger partial charge is 0.427 e. The third-order valence-corrected chi connectivity index (χ3v) is 2.87. The smallest absolute Gasteiger partial charge is 0.308 e. The predicted octanol–water partition coefficient (Wildman–Crippen LogP) is 5.15. The molecule has 0 amide bonds. The van der Waals surface area contributed by atoms with Crippen LogP contribution in [0, 0.1) is 0 Å². The first-order valence-electron chi connectivity index (χ1n) is 7.18. The zero-order chi connectivity index (χ0) is 13.8. The van der Waals surface area contributed by atoms with E-state index in [9.17, 15) is 4.79 Å². The number of ether oxygens (including phenoxy) is 1. The molecule has 0 atom stereocenters. The van der Waals surface area contributed by atoms with Crippen molar-refractivity contribution < 1.29 is 9.53 Å². The fourth-order valence-electron chi connectivity index (χ4n) is 1.81. The lowest BCUT2D eigenvalue weighted by atomic mass is 10.0. The number of allylic oxidation sites excluding steroid dienone is 2. The van der Waals surface area contributed by atoms with Gasteiger partial charge in [0.1, 0.15) is 5.76 Å². The van der Waals surface area contributed by atoms with Gasteiger partial charge in [0, 0.05) is 6.92 Å². The van der Waals surface area contributed by atoms with Crippen LogP contribution in [0.1, 0.15) is 72.1 Å². The second-order valence-corrected chi connectivity index (χ2v) is 4.70. The van der Waals surface area contributed by atoms with Crippen molar-refractivity contribution >= 4 is 5.97 Å². The van der Waals surface area contributed by atoms with E-state index in [1.807, 2.05) is 0 Å². The lowest BCUT2D eigenvalue weighted by Gasteiger charge is -2.10. The van der Waals surface area contributed by atoms with Crippen LogP contribution in [0.4, 0.5) is 0 Å². The van der Waals surface area contributed by atoms with Gasteiger partial charge in [0.2, 0.25) is 0 Å². The van der Waals surface area contributed by atoms with Gasteiger partial charge in [0.05, 0.1) is 0 Å². The van der Waals surface area contributed by atoms with Gasteiger partial charge in [-0.15, -0.1) is 0 Å². The Balaban J connectivity index is 4.23. The first-order valence-corrected chi connectivity index (χ1v) is 7.18. The minimum absolute atomic E-state index is 0.284. The molecule has 0 radical (unpaired) electrons. The third kappa shape index (κ3) is 9.03. The molecule has 18 heavy (non-hydrogen) atoms. The quantitative estimate of drug-likeness (QED) is 0.232. The number of rotatable bonds is 10. The Morgan fingerprint density at radius 2 is 1.78 bits per heavy atom. The van der Waals surface area contributed by atoms with Crippen LogP contribution in [0.5, 0.6) is 0 Å². The van der Waals surface area contributed by atoms with E-state index in [1.54, 1.807) is 0 Å². The lowest BCUT2D eigenvalue weighted by molar-refractivity contribution is -0.136. The molecule has 0 saturated carbocycles. The highest BCUT2D eigenvalue weighted by atomic mass is 16.5. The number of esters is 1. The van der Waals surface area contributed by atoms with Crippen molar-refractivity contribution in [2.45, 2.75) is 72.1 Å². The van der Waals surface area contributed by atoms with Gasteiger partial charge < -0.3 is 4.74 Å². The Bertz CT molecular complexity index is 277. The molecule has 0 saturated heterocycles. The highest BCUT2D eigenvalue weighted by Gasteiger charge is 2.06. The molecule has 0 aromatic carbocycles. The summed E-state index contributed by atoms with van der Waals surface area (Å²) >= 11 is 0.